The van der Waals surface area contributed by atoms with Crippen molar-refractivity contribution >= 4 is 54.2 Å². The highest BCUT2D eigenvalue weighted by molar-refractivity contribution is 7.89. The van der Waals surface area contributed by atoms with Gasteiger partial charge in [0.15, 0.2) is 5.13 Å². The van der Waals surface area contributed by atoms with Gasteiger partial charge in [-0.15, -0.1) is 0 Å². The third-order valence-corrected chi connectivity index (χ3v) is 8.97. The number of anilines is 1. The number of hydrogen-bond donors (Lipinski definition) is 0. The summed E-state index contributed by atoms with van der Waals surface area (Å²) in [5.74, 6) is -0.220. The number of benzene rings is 2. The lowest BCUT2D eigenvalue weighted by Crippen LogP contribution is -2.40. The molecule has 0 radical (unpaired) electrons. The van der Waals surface area contributed by atoms with Crippen molar-refractivity contribution in [3.05, 3.63) is 52.5 Å². The summed E-state index contributed by atoms with van der Waals surface area (Å²) in [5, 5.41) is 1.23. The lowest BCUT2D eigenvalue weighted by atomic mass is 10.2. The number of morpholine rings is 1. The second-order valence-corrected chi connectivity index (χ2v) is 12.1. The number of amides is 1. The number of sulfonamides is 1. The van der Waals surface area contributed by atoms with Crippen molar-refractivity contribution < 1.29 is 17.9 Å². The average Bonchev–Trinajstić information content (AvgIpc) is 3.26. The van der Waals surface area contributed by atoms with Gasteiger partial charge in [0.25, 0.3) is 5.91 Å². The normalized spacial score (nSPS) is 15.1. The van der Waals surface area contributed by atoms with Crippen LogP contribution in [-0.4, -0.2) is 82.0 Å². The summed E-state index contributed by atoms with van der Waals surface area (Å²) in [6.45, 7) is 4.65. The Balaban J connectivity index is 1.62. The minimum Gasteiger partial charge on any atom is -0.379 e. The van der Waals surface area contributed by atoms with E-state index in [1.807, 2.05) is 33.2 Å². The van der Waals surface area contributed by atoms with E-state index in [-0.39, 0.29) is 10.8 Å². The van der Waals surface area contributed by atoms with Crippen molar-refractivity contribution in [2.75, 3.05) is 58.4 Å². The van der Waals surface area contributed by atoms with Gasteiger partial charge in [0.1, 0.15) is 0 Å². The maximum atomic E-state index is 13.6. The van der Waals surface area contributed by atoms with Crippen LogP contribution in [-0.2, 0) is 14.8 Å². The molecule has 0 aliphatic carbocycles. The van der Waals surface area contributed by atoms with Crippen LogP contribution in [0, 0.1) is 6.92 Å². The van der Waals surface area contributed by atoms with Crippen LogP contribution in [0.3, 0.4) is 0 Å². The summed E-state index contributed by atoms with van der Waals surface area (Å²) in [5.41, 5.74) is 2.19. The number of aryl methyl sites for hydroxylation is 1. The fourth-order valence-corrected chi connectivity index (χ4v) is 6.80. The SMILES string of the molecule is Cc1cc(Cl)cc2sc(N(CCCN(C)C)C(=O)c3ccc(S(=O)(=O)N4CCOCC4)cc3)nc12. The summed E-state index contributed by atoms with van der Waals surface area (Å²) in [4.78, 5) is 22.2. The molecule has 1 aromatic heterocycles. The number of aromatic nitrogens is 1. The van der Waals surface area contributed by atoms with Crippen LogP contribution >= 0.6 is 22.9 Å². The Labute approximate surface area is 215 Å². The summed E-state index contributed by atoms with van der Waals surface area (Å²) in [6.07, 6.45) is 0.762. The molecule has 0 unspecified atom stereocenters. The third kappa shape index (κ3) is 5.84. The Hall–Kier alpha value is -2.08. The van der Waals surface area contributed by atoms with Gasteiger partial charge in [-0.05, 0) is 75.9 Å². The number of hydrogen-bond acceptors (Lipinski definition) is 7. The first-order chi connectivity index (χ1) is 16.7. The topological polar surface area (TPSA) is 83.1 Å². The standard InChI is InChI=1S/C24H29ClN4O4S2/c1-17-15-19(25)16-21-22(17)26-24(34-21)29(10-4-9-27(2)3)23(30)18-5-7-20(8-6-18)35(31,32)28-11-13-33-14-12-28/h5-8,15-16H,4,9-14H2,1-3H3. The molecule has 188 valence electrons. The molecular formula is C24H29ClN4O4S2. The zero-order valence-electron chi connectivity index (χ0n) is 20.0. The van der Waals surface area contributed by atoms with Gasteiger partial charge in [0, 0.05) is 30.2 Å². The minimum absolute atomic E-state index is 0.167. The van der Waals surface area contributed by atoms with Gasteiger partial charge < -0.3 is 9.64 Å². The largest absolute Gasteiger partial charge is 0.379 e. The Morgan fingerprint density at radius 3 is 2.49 bits per heavy atom. The van der Waals surface area contributed by atoms with E-state index < -0.39 is 10.0 Å². The molecule has 0 atom stereocenters. The molecule has 0 spiro atoms. The molecule has 0 saturated carbocycles. The Kier molecular flexibility index (Phi) is 8.09. The summed E-state index contributed by atoms with van der Waals surface area (Å²) in [6, 6.07) is 9.86. The minimum atomic E-state index is -3.63. The van der Waals surface area contributed by atoms with Crippen molar-refractivity contribution in [1.29, 1.82) is 0 Å². The molecule has 3 aromatic rings. The maximum absolute atomic E-state index is 13.6. The number of fused-ring (bicyclic) bond motifs is 1. The van der Waals surface area contributed by atoms with Gasteiger partial charge in [0.05, 0.1) is 28.3 Å². The average molecular weight is 537 g/mol. The molecule has 1 fully saturated rings. The molecule has 0 bridgehead atoms. The van der Waals surface area contributed by atoms with Crippen LogP contribution in [0.4, 0.5) is 5.13 Å². The molecule has 2 heterocycles. The molecule has 11 heteroatoms. The van der Waals surface area contributed by atoms with Crippen molar-refractivity contribution in [2.24, 2.45) is 0 Å². The molecule has 2 aromatic carbocycles. The predicted octanol–water partition coefficient (Wildman–Crippen LogP) is 3.88. The van der Waals surface area contributed by atoms with Crippen LogP contribution < -0.4 is 4.90 Å². The number of halogens is 1. The summed E-state index contributed by atoms with van der Waals surface area (Å²) >= 11 is 7.65. The Morgan fingerprint density at radius 2 is 1.83 bits per heavy atom. The lowest BCUT2D eigenvalue weighted by molar-refractivity contribution is 0.0730. The van der Waals surface area contributed by atoms with E-state index in [0.717, 1.165) is 28.7 Å². The van der Waals surface area contributed by atoms with Crippen molar-refractivity contribution in [3.63, 3.8) is 0 Å². The first kappa shape index (κ1) is 26.0. The van der Waals surface area contributed by atoms with Gasteiger partial charge >= 0.3 is 0 Å². The molecular weight excluding hydrogens is 508 g/mol. The number of carbonyl (C=O) groups is 1. The smallest absolute Gasteiger partial charge is 0.260 e. The quantitative estimate of drug-likeness (QED) is 0.434. The van der Waals surface area contributed by atoms with Gasteiger partial charge in [-0.3, -0.25) is 9.69 Å². The molecule has 1 aliphatic rings. The van der Waals surface area contributed by atoms with Crippen LogP contribution in [0.1, 0.15) is 22.3 Å². The van der Waals surface area contributed by atoms with Crippen LogP contribution in [0.5, 0.6) is 0 Å². The van der Waals surface area contributed by atoms with E-state index in [4.69, 9.17) is 21.3 Å². The van der Waals surface area contributed by atoms with E-state index >= 15 is 0 Å². The summed E-state index contributed by atoms with van der Waals surface area (Å²) in [7, 11) is 0.351. The van der Waals surface area contributed by atoms with Crippen molar-refractivity contribution in [3.8, 4) is 0 Å². The fraction of sp³-hybridized carbons (Fsp3) is 0.417. The zero-order chi connectivity index (χ0) is 25.2. The molecule has 0 N–H and O–H groups in total. The van der Waals surface area contributed by atoms with E-state index in [2.05, 4.69) is 4.90 Å². The van der Waals surface area contributed by atoms with E-state index in [9.17, 15) is 13.2 Å². The van der Waals surface area contributed by atoms with Gasteiger partial charge in [-0.2, -0.15) is 4.31 Å². The predicted molar refractivity (Wildman–Crippen MR) is 140 cm³/mol. The highest BCUT2D eigenvalue weighted by Gasteiger charge is 2.27. The van der Waals surface area contributed by atoms with E-state index in [0.29, 0.717) is 48.6 Å². The molecule has 4 rings (SSSR count). The molecule has 35 heavy (non-hydrogen) atoms. The Morgan fingerprint density at radius 1 is 1.14 bits per heavy atom. The van der Waals surface area contributed by atoms with Gasteiger partial charge in [-0.1, -0.05) is 22.9 Å². The second kappa shape index (κ2) is 10.9. The number of nitrogens with zero attached hydrogens (tertiary/aromatic N) is 4. The molecule has 1 aliphatic heterocycles. The molecule has 1 amide bonds. The Bertz CT molecular complexity index is 1300. The number of thiazole rings is 1. The van der Waals surface area contributed by atoms with E-state index in [1.54, 1.807) is 17.0 Å². The fourth-order valence-electron chi connectivity index (χ4n) is 3.95. The number of ether oxygens (including phenoxy) is 1. The van der Waals surface area contributed by atoms with Gasteiger partial charge in [0.2, 0.25) is 10.0 Å². The maximum Gasteiger partial charge on any atom is 0.260 e. The van der Waals surface area contributed by atoms with Crippen LogP contribution in [0.15, 0.2) is 41.3 Å². The van der Waals surface area contributed by atoms with Crippen molar-refractivity contribution in [1.82, 2.24) is 14.2 Å². The number of rotatable bonds is 8. The van der Waals surface area contributed by atoms with E-state index in [1.165, 1.54) is 27.8 Å². The molecule has 8 nitrogen and oxygen atoms in total. The highest BCUT2D eigenvalue weighted by atomic mass is 35.5. The summed E-state index contributed by atoms with van der Waals surface area (Å²) < 4.78 is 33.5. The first-order valence-corrected chi connectivity index (χ1v) is 14.0. The zero-order valence-corrected chi connectivity index (χ0v) is 22.4. The van der Waals surface area contributed by atoms with Gasteiger partial charge in [-0.25, -0.2) is 13.4 Å². The lowest BCUT2D eigenvalue weighted by Gasteiger charge is -2.26. The van der Waals surface area contributed by atoms with Crippen LogP contribution in [0.25, 0.3) is 10.2 Å². The van der Waals surface area contributed by atoms with Crippen LogP contribution in [0.2, 0.25) is 5.02 Å². The molecule has 1 saturated heterocycles. The van der Waals surface area contributed by atoms with Crippen molar-refractivity contribution in [2.45, 2.75) is 18.2 Å². The second-order valence-electron chi connectivity index (χ2n) is 8.72. The first-order valence-electron chi connectivity index (χ1n) is 11.4. The third-order valence-electron chi connectivity index (χ3n) is 5.81. The highest BCUT2D eigenvalue weighted by Crippen LogP contribution is 2.34. The monoisotopic (exact) mass is 536 g/mol. The number of carbonyl (C=O) groups excluding carboxylic acids is 1.